The number of alkyl halides is 5. The van der Waals surface area contributed by atoms with E-state index in [0.717, 1.165) is 103 Å². The standard InChI is InChI=1S/C43H66F5N3O4S/c1-41-22-18-36-35-15-14-34(55-40(52)51-25-19-33(20-26-51)50-23-9-7-10-24-50)30-32(35)29-31(39(36)37(41)16-17-38(41)49-53)13-8-5-3-2-4-6-11-27-56(54)28-12-21-42(44,45)43(46,47)48/h14-15,30-31,33,36-39,49,53H,2-13,16-29H2,1H3/t31-,36-,37+,38?,39-,41+,56?/m1/s1. The van der Waals surface area contributed by atoms with E-state index in [9.17, 15) is 36.2 Å². The number of carbonyl (C=O) groups is 1. The number of carbonyl (C=O) groups excluding carboxylic acids is 1. The van der Waals surface area contributed by atoms with Crippen molar-refractivity contribution in [2.24, 2.45) is 23.2 Å². The largest absolute Gasteiger partial charge is 0.453 e. The quantitative estimate of drug-likeness (QED) is 0.0926. The van der Waals surface area contributed by atoms with Crippen molar-refractivity contribution in [3.63, 3.8) is 0 Å². The summed E-state index contributed by atoms with van der Waals surface area (Å²) in [6, 6.07) is 7.08. The SMILES string of the molecule is C[C@]12CC[C@@H]3c4ccc(OC(=O)N5CCC(N6CCCCC6)CC5)cc4C[C@@H](CCCCCCCCCS(=O)CCCC(F)(F)C(F)(F)F)[C@H]3[C@@H]1CCC2NO. The minimum atomic E-state index is -5.56. The van der Waals surface area contributed by atoms with Crippen molar-refractivity contribution in [2.45, 2.75) is 165 Å². The van der Waals surface area contributed by atoms with Gasteiger partial charge < -0.3 is 19.7 Å². The van der Waals surface area contributed by atoms with Crippen molar-refractivity contribution in [1.82, 2.24) is 15.3 Å². The lowest BCUT2D eigenvalue weighted by Gasteiger charge is -2.53. The average Bonchev–Trinajstić information content (AvgIpc) is 3.53. The van der Waals surface area contributed by atoms with Crippen molar-refractivity contribution in [3.8, 4) is 5.75 Å². The normalized spacial score (nSPS) is 29.4. The van der Waals surface area contributed by atoms with Gasteiger partial charge in [-0.3, -0.25) is 4.21 Å². The number of amides is 1. The van der Waals surface area contributed by atoms with Crippen LogP contribution in [0.15, 0.2) is 18.2 Å². The average molecular weight is 816 g/mol. The van der Waals surface area contributed by atoms with Gasteiger partial charge in [-0.15, -0.1) is 0 Å². The topological polar surface area (TPSA) is 82.1 Å². The van der Waals surface area contributed by atoms with Gasteiger partial charge >= 0.3 is 18.2 Å². The molecule has 2 N–H and O–H groups in total. The number of hydroxylamine groups is 1. The van der Waals surface area contributed by atoms with E-state index in [-0.39, 0.29) is 23.3 Å². The number of halogens is 5. The molecule has 1 aromatic carbocycles. The highest BCUT2D eigenvalue weighted by Crippen LogP contribution is 2.62. The Hall–Kier alpha value is -1.83. The predicted octanol–water partition coefficient (Wildman–Crippen LogP) is 10.4. The van der Waals surface area contributed by atoms with Crippen LogP contribution in [0, 0.1) is 23.2 Å². The Balaban J connectivity index is 0.972. The molecule has 2 aliphatic heterocycles. The summed E-state index contributed by atoms with van der Waals surface area (Å²) in [6.45, 7) is 6.22. The summed E-state index contributed by atoms with van der Waals surface area (Å²) in [6.07, 6.45) is 11.7. The molecule has 2 saturated carbocycles. The van der Waals surface area contributed by atoms with Gasteiger partial charge in [-0.1, -0.05) is 57.9 Å². The van der Waals surface area contributed by atoms with Crippen LogP contribution >= 0.6 is 0 Å². The van der Waals surface area contributed by atoms with E-state index in [1.54, 1.807) is 0 Å². The first kappa shape index (κ1) is 43.7. The van der Waals surface area contributed by atoms with Gasteiger partial charge in [0.25, 0.3) is 0 Å². The highest BCUT2D eigenvalue weighted by Gasteiger charge is 2.57. The van der Waals surface area contributed by atoms with E-state index < -0.39 is 35.7 Å². The fourth-order valence-electron chi connectivity index (χ4n) is 11.4. The minimum Gasteiger partial charge on any atom is -0.410 e. The molecule has 5 aliphatic rings. The molecular formula is C43H66F5N3O4S. The highest BCUT2D eigenvalue weighted by molar-refractivity contribution is 7.84. The second kappa shape index (κ2) is 19.5. The number of fused-ring (bicyclic) bond motifs is 5. The van der Waals surface area contributed by atoms with Gasteiger partial charge in [-0.05, 0) is 142 Å². The number of hydrogen-bond donors (Lipinski definition) is 2. The molecule has 1 amide bonds. The maximum atomic E-state index is 13.3. The number of piperidine rings is 2. The van der Waals surface area contributed by atoms with Gasteiger partial charge in [0.15, 0.2) is 0 Å². The molecule has 0 aromatic heterocycles. The van der Waals surface area contributed by atoms with Crippen LogP contribution < -0.4 is 10.2 Å². The van der Waals surface area contributed by atoms with Crippen LogP contribution in [0.25, 0.3) is 0 Å². The molecule has 4 fully saturated rings. The van der Waals surface area contributed by atoms with Crippen LogP contribution in [-0.4, -0.2) is 87.2 Å². The molecular weight excluding hydrogens is 750 g/mol. The Kier molecular flexibility index (Phi) is 15.2. The maximum Gasteiger partial charge on any atom is 0.453 e. The Labute approximate surface area is 333 Å². The summed E-state index contributed by atoms with van der Waals surface area (Å²) >= 11 is 0. The maximum absolute atomic E-state index is 13.3. The molecule has 6 rings (SSSR count). The minimum absolute atomic E-state index is 0.0698. The van der Waals surface area contributed by atoms with Crippen LogP contribution in [0.3, 0.4) is 0 Å². The molecule has 7 nitrogen and oxygen atoms in total. The van der Waals surface area contributed by atoms with E-state index in [1.807, 2.05) is 11.0 Å². The molecule has 2 unspecified atom stereocenters. The third-order valence-electron chi connectivity index (χ3n) is 14.6. The molecule has 1 aromatic rings. The number of nitrogens with zero attached hydrogens (tertiary/aromatic N) is 2. The Bertz CT molecular complexity index is 1450. The van der Waals surface area contributed by atoms with Gasteiger partial charge in [0, 0.05) is 53.9 Å². The van der Waals surface area contributed by atoms with E-state index >= 15 is 0 Å². The molecule has 318 valence electrons. The lowest BCUT2D eigenvalue weighted by molar-refractivity contribution is -0.284. The van der Waals surface area contributed by atoms with E-state index in [2.05, 4.69) is 29.4 Å². The third-order valence-corrected chi connectivity index (χ3v) is 16.1. The van der Waals surface area contributed by atoms with Gasteiger partial charge in [0.05, 0.1) is 0 Å². The van der Waals surface area contributed by atoms with Crippen LogP contribution in [0.2, 0.25) is 0 Å². The molecule has 56 heavy (non-hydrogen) atoms. The third kappa shape index (κ3) is 10.5. The summed E-state index contributed by atoms with van der Waals surface area (Å²) in [7, 11) is -1.38. The molecule has 2 saturated heterocycles. The number of unbranched alkanes of at least 4 members (excludes halogenated alkanes) is 6. The van der Waals surface area contributed by atoms with E-state index in [1.165, 1.54) is 43.5 Å². The number of rotatable bonds is 17. The lowest BCUT2D eigenvalue weighted by Crippen LogP contribution is -2.50. The Morgan fingerprint density at radius 2 is 1.57 bits per heavy atom. The van der Waals surface area contributed by atoms with Crippen molar-refractivity contribution in [3.05, 3.63) is 29.3 Å². The molecule has 0 radical (unpaired) electrons. The first-order valence-electron chi connectivity index (χ1n) is 21.8. The summed E-state index contributed by atoms with van der Waals surface area (Å²) in [5, 5.41) is 10.1. The molecule has 0 bridgehead atoms. The van der Waals surface area contributed by atoms with E-state index in [4.69, 9.17) is 4.74 Å². The summed E-state index contributed by atoms with van der Waals surface area (Å²) in [4.78, 5) is 17.8. The zero-order valence-corrected chi connectivity index (χ0v) is 34.3. The number of ether oxygens (including phenoxy) is 1. The van der Waals surface area contributed by atoms with Crippen LogP contribution in [0.4, 0.5) is 26.7 Å². The van der Waals surface area contributed by atoms with Crippen molar-refractivity contribution in [2.75, 3.05) is 37.7 Å². The first-order valence-corrected chi connectivity index (χ1v) is 23.3. The Morgan fingerprint density at radius 3 is 2.27 bits per heavy atom. The van der Waals surface area contributed by atoms with Gasteiger partial charge in [-0.25, -0.2) is 10.3 Å². The van der Waals surface area contributed by atoms with Crippen molar-refractivity contribution in [1.29, 1.82) is 0 Å². The Morgan fingerprint density at radius 1 is 0.893 bits per heavy atom. The first-order chi connectivity index (χ1) is 26.8. The molecule has 13 heteroatoms. The molecule has 3 aliphatic carbocycles. The molecule has 0 spiro atoms. The summed E-state index contributed by atoms with van der Waals surface area (Å²) in [5.74, 6) is -1.80. The fraction of sp³-hybridized carbons (Fsp3) is 0.837. The van der Waals surface area contributed by atoms with E-state index in [0.29, 0.717) is 47.6 Å². The highest BCUT2D eigenvalue weighted by atomic mass is 32.2. The van der Waals surface area contributed by atoms with Crippen LogP contribution in [-0.2, 0) is 17.2 Å². The summed E-state index contributed by atoms with van der Waals surface area (Å²) in [5.41, 5.74) is 5.47. The van der Waals surface area contributed by atoms with Gasteiger partial charge in [0.2, 0.25) is 0 Å². The van der Waals surface area contributed by atoms with Crippen LogP contribution in [0.1, 0.15) is 146 Å². The molecule has 7 atom stereocenters. The van der Waals surface area contributed by atoms with Gasteiger partial charge in [0.1, 0.15) is 5.75 Å². The second-order valence-electron chi connectivity index (χ2n) is 18.0. The van der Waals surface area contributed by atoms with Gasteiger partial charge in [-0.2, -0.15) is 22.0 Å². The zero-order chi connectivity index (χ0) is 39.9. The second-order valence-corrected chi connectivity index (χ2v) is 19.7. The van der Waals surface area contributed by atoms with Crippen molar-refractivity contribution >= 4 is 16.9 Å². The zero-order valence-electron chi connectivity index (χ0n) is 33.4. The number of benzene rings is 1. The van der Waals surface area contributed by atoms with Crippen molar-refractivity contribution < 1.29 is 40.9 Å². The van der Waals surface area contributed by atoms with Crippen LogP contribution in [0.5, 0.6) is 5.75 Å². The molecule has 2 heterocycles. The lowest BCUT2D eigenvalue weighted by atomic mass is 9.52. The number of nitrogens with one attached hydrogen (secondary N) is 1. The fourth-order valence-corrected chi connectivity index (χ4v) is 12.6. The smallest absolute Gasteiger partial charge is 0.410 e. The summed E-state index contributed by atoms with van der Waals surface area (Å²) < 4.78 is 81.4. The number of hydrogen-bond acceptors (Lipinski definition) is 6. The predicted molar refractivity (Wildman–Crippen MR) is 210 cm³/mol. The monoisotopic (exact) mass is 815 g/mol. The number of likely N-dealkylation sites (tertiary alicyclic amines) is 2.